The topological polar surface area (TPSA) is 38.9 Å². The highest BCUT2D eigenvalue weighted by Gasteiger charge is 2.25. The number of benzene rings is 1. The molecule has 0 unspecified atom stereocenters. The number of aryl methyl sites for hydroxylation is 1. The molecule has 0 spiro atoms. The highest BCUT2D eigenvalue weighted by molar-refractivity contribution is 6.90. The lowest BCUT2D eigenvalue weighted by Gasteiger charge is -2.18. The van der Waals surface area contributed by atoms with Crippen LogP contribution in [0.4, 0.5) is 0 Å². The molecule has 0 N–H and O–H groups in total. The van der Waals surface area contributed by atoms with Gasteiger partial charge in [-0.1, -0.05) is 31.8 Å². The van der Waals surface area contributed by atoms with Gasteiger partial charge in [0.2, 0.25) is 0 Å². The minimum atomic E-state index is -1.53. The van der Waals surface area contributed by atoms with E-state index in [2.05, 4.69) is 53.9 Å². The van der Waals surface area contributed by atoms with Crippen LogP contribution in [-0.4, -0.2) is 18.0 Å². The van der Waals surface area contributed by atoms with Gasteiger partial charge in [-0.2, -0.15) is 0 Å². The monoisotopic (exact) mass is 332 g/mol. The van der Waals surface area contributed by atoms with E-state index in [1.54, 1.807) is 0 Å². The SMILES string of the molecule is Cc1ccc(-c2ccc([Si](C)(C)C)c3c2oc2cccnc23)nc1. The van der Waals surface area contributed by atoms with Crippen LogP contribution < -0.4 is 5.19 Å². The van der Waals surface area contributed by atoms with E-state index in [1.807, 2.05) is 31.5 Å². The Hall–Kier alpha value is -2.46. The zero-order valence-electron chi connectivity index (χ0n) is 14.4. The molecule has 4 aromatic rings. The molecule has 0 aliphatic heterocycles. The van der Waals surface area contributed by atoms with Crippen LogP contribution in [0.25, 0.3) is 33.3 Å². The highest BCUT2D eigenvalue weighted by atomic mass is 28.3. The van der Waals surface area contributed by atoms with E-state index >= 15 is 0 Å². The van der Waals surface area contributed by atoms with Gasteiger partial charge < -0.3 is 4.42 Å². The number of rotatable bonds is 2. The van der Waals surface area contributed by atoms with Gasteiger partial charge in [-0.05, 0) is 41.9 Å². The Morgan fingerprint density at radius 1 is 0.958 bits per heavy atom. The molecule has 0 fully saturated rings. The summed E-state index contributed by atoms with van der Waals surface area (Å²) in [6.45, 7) is 9.11. The van der Waals surface area contributed by atoms with Crippen molar-refractivity contribution in [1.29, 1.82) is 0 Å². The van der Waals surface area contributed by atoms with Crippen LogP contribution in [0.3, 0.4) is 0 Å². The van der Waals surface area contributed by atoms with Crippen molar-refractivity contribution in [3.8, 4) is 11.3 Å². The van der Waals surface area contributed by atoms with E-state index in [0.29, 0.717) is 0 Å². The summed E-state index contributed by atoms with van der Waals surface area (Å²) < 4.78 is 6.22. The van der Waals surface area contributed by atoms with Crippen molar-refractivity contribution in [2.45, 2.75) is 26.6 Å². The molecule has 0 aliphatic carbocycles. The highest BCUT2D eigenvalue weighted by Crippen LogP contribution is 2.34. The predicted octanol–water partition coefficient (Wildman–Crippen LogP) is 4.90. The average Bonchev–Trinajstić information content (AvgIpc) is 2.93. The lowest BCUT2D eigenvalue weighted by molar-refractivity contribution is 0.669. The number of aromatic nitrogens is 2. The molecule has 3 heterocycles. The van der Waals surface area contributed by atoms with Crippen molar-refractivity contribution in [1.82, 2.24) is 9.97 Å². The maximum atomic E-state index is 6.22. The van der Waals surface area contributed by atoms with Gasteiger partial charge in [0.15, 0.2) is 5.58 Å². The van der Waals surface area contributed by atoms with E-state index in [0.717, 1.165) is 38.9 Å². The van der Waals surface area contributed by atoms with Gasteiger partial charge in [0.05, 0.1) is 13.8 Å². The van der Waals surface area contributed by atoms with Crippen molar-refractivity contribution in [2.75, 3.05) is 0 Å². The zero-order valence-corrected chi connectivity index (χ0v) is 15.4. The molecule has 0 bridgehead atoms. The Balaban J connectivity index is 2.12. The van der Waals surface area contributed by atoms with Gasteiger partial charge in [-0.3, -0.25) is 9.97 Å². The summed E-state index contributed by atoms with van der Waals surface area (Å²) in [7, 11) is -1.53. The molecule has 3 aromatic heterocycles. The Morgan fingerprint density at radius 2 is 1.79 bits per heavy atom. The maximum absolute atomic E-state index is 6.22. The fraction of sp³-hybridized carbons (Fsp3) is 0.200. The van der Waals surface area contributed by atoms with Gasteiger partial charge >= 0.3 is 0 Å². The number of furan rings is 1. The number of hydrogen-bond acceptors (Lipinski definition) is 3. The fourth-order valence-corrected chi connectivity index (χ4v) is 4.71. The lowest BCUT2D eigenvalue weighted by Crippen LogP contribution is -2.38. The van der Waals surface area contributed by atoms with Crippen LogP contribution >= 0.6 is 0 Å². The number of nitrogens with zero attached hydrogens (tertiary/aromatic N) is 2. The second-order valence-electron chi connectivity index (χ2n) is 7.29. The van der Waals surface area contributed by atoms with Crippen LogP contribution in [-0.2, 0) is 0 Å². The predicted molar refractivity (Wildman–Crippen MR) is 102 cm³/mol. The van der Waals surface area contributed by atoms with Crippen molar-refractivity contribution < 1.29 is 4.42 Å². The summed E-state index contributed by atoms with van der Waals surface area (Å²) in [4.78, 5) is 9.19. The first-order valence-electron chi connectivity index (χ1n) is 8.19. The van der Waals surface area contributed by atoms with E-state index in [1.165, 1.54) is 5.19 Å². The molecular weight excluding hydrogens is 312 g/mol. The van der Waals surface area contributed by atoms with Crippen LogP contribution in [0.2, 0.25) is 19.6 Å². The molecule has 24 heavy (non-hydrogen) atoms. The van der Waals surface area contributed by atoms with Crippen molar-refractivity contribution in [3.05, 3.63) is 54.4 Å². The van der Waals surface area contributed by atoms with Gasteiger partial charge in [0.25, 0.3) is 0 Å². The minimum Gasteiger partial charge on any atom is -0.454 e. The second kappa shape index (κ2) is 5.28. The summed E-state index contributed by atoms with van der Waals surface area (Å²) in [5.41, 5.74) is 5.82. The lowest BCUT2D eigenvalue weighted by atomic mass is 10.1. The van der Waals surface area contributed by atoms with E-state index in [-0.39, 0.29) is 0 Å². The summed E-state index contributed by atoms with van der Waals surface area (Å²) in [6.07, 6.45) is 3.73. The van der Waals surface area contributed by atoms with Crippen molar-refractivity contribution in [3.63, 3.8) is 0 Å². The first-order valence-corrected chi connectivity index (χ1v) is 11.7. The normalized spacial score (nSPS) is 12.2. The van der Waals surface area contributed by atoms with Crippen LogP contribution in [0.15, 0.2) is 53.2 Å². The molecule has 0 amide bonds. The fourth-order valence-electron chi connectivity index (χ4n) is 3.15. The smallest absolute Gasteiger partial charge is 0.153 e. The largest absolute Gasteiger partial charge is 0.454 e. The van der Waals surface area contributed by atoms with E-state index < -0.39 is 8.07 Å². The molecule has 0 aliphatic rings. The van der Waals surface area contributed by atoms with Crippen LogP contribution in [0.1, 0.15) is 5.56 Å². The van der Waals surface area contributed by atoms with Crippen LogP contribution in [0.5, 0.6) is 0 Å². The number of pyridine rings is 2. The molecular formula is C20H20N2OSi. The molecule has 0 saturated carbocycles. The summed E-state index contributed by atoms with van der Waals surface area (Å²) in [5, 5.41) is 2.54. The molecule has 120 valence electrons. The molecule has 3 nitrogen and oxygen atoms in total. The second-order valence-corrected chi connectivity index (χ2v) is 12.3. The Kier molecular flexibility index (Phi) is 3.32. The molecule has 4 rings (SSSR count). The van der Waals surface area contributed by atoms with Crippen molar-refractivity contribution >= 4 is 35.3 Å². The van der Waals surface area contributed by atoms with Gasteiger partial charge in [-0.25, -0.2) is 0 Å². The number of hydrogen-bond donors (Lipinski definition) is 0. The Morgan fingerprint density at radius 3 is 2.50 bits per heavy atom. The van der Waals surface area contributed by atoms with Crippen molar-refractivity contribution in [2.24, 2.45) is 0 Å². The maximum Gasteiger partial charge on any atom is 0.153 e. The van der Waals surface area contributed by atoms with Gasteiger partial charge in [0, 0.05) is 23.3 Å². The Bertz CT molecular complexity index is 1040. The Labute approximate surface area is 142 Å². The number of fused-ring (bicyclic) bond motifs is 3. The minimum absolute atomic E-state index is 0.839. The standard InChI is InChI=1S/C20H20N2OSi/c1-13-7-9-15(22-12-13)14-8-10-17(24(2,3)4)18-19-16(23-20(14)18)6-5-11-21-19/h5-12H,1-4H3. The molecule has 4 heteroatoms. The quantitative estimate of drug-likeness (QED) is 0.490. The van der Waals surface area contributed by atoms with Gasteiger partial charge in [0.1, 0.15) is 11.1 Å². The molecule has 0 atom stereocenters. The first-order chi connectivity index (χ1) is 11.4. The summed E-state index contributed by atoms with van der Waals surface area (Å²) in [5.74, 6) is 0. The van der Waals surface area contributed by atoms with Gasteiger partial charge in [-0.15, -0.1) is 0 Å². The third-order valence-electron chi connectivity index (χ3n) is 4.37. The molecule has 1 aromatic carbocycles. The molecule has 0 radical (unpaired) electrons. The van der Waals surface area contributed by atoms with E-state index in [4.69, 9.17) is 4.42 Å². The summed E-state index contributed by atoms with van der Waals surface area (Å²) >= 11 is 0. The molecule has 0 saturated heterocycles. The van der Waals surface area contributed by atoms with E-state index in [9.17, 15) is 0 Å². The first kappa shape index (κ1) is 15.1. The van der Waals surface area contributed by atoms with Crippen LogP contribution in [0, 0.1) is 6.92 Å². The average molecular weight is 332 g/mol. The summed E-state index contributed by atoms with van der Waals surface area (Å²) in [6, 6.07) is 12.4. The third-order valence-corrected chi connectivity index (χ3v) is 6.41. The third kappa shape index (κ3) is 2.34. The zero-order chi connectivity index (χ0) is 16.9.